The summed E-state index contributed by atoms with van der Waals surface area (Å²) in [7, 11) is 0. The van der Waals surface area contributed by atoms with Gasteiger partial charge in [-0.25, -0.2) is 0 Å². The molecule has 0 heterocycles. The predicted molar refractivity (Wildman–Crippen MR) is 90.7 cm³/mol. The van der Waals surface area contributed by atoms with Gasteiger partial charge >= 0.3 is 0 Å². The number of anilines is 1. The number of nitrogens with one attached hydrogen (secondary N) is 2. The van der Waals surface area contributed by atoms with Crippen molar-refractivity contribution in [3.63, 3.8) is 0 Å². The minimum Gasteiger partial charge on any atom is -0.347 e. The third kappa shape index (κ3) is 5.33. The Labute approximate surface area is 138 Å². The molecule has 0 fully saturated rings. The van der Waals surface area contributed by atoms with Gasteiger partial charge in [-0.1, -0.05) is 45.8 Å². The van der Waals surface area contributed by atoms with Gasteiger partial charge in [0.05, 0.1) is 13.0 Å². The van der Waals surface area contributed by atoms with Crippen LogP contribution in [0.2, 0.25) is 0 Å². The lowest BCUT2D eigenvalue weighted by Gasteiger charge is -2.07. The van der Waals surface area contributed by atoms with Crippen molar-refractivity contribution in [2.24, 2.45) is 0 Å². The van der Waals surface area contributed by atoms with Crippen molar-refractivity contribution in [1.29, 1.82) is 0 Å². The number of amides is 2. The van der Waals surface area contributed by atoms with E-state index in [1.165, 1.54) is 0 Å². The molecule has 0 bridgehead atoms. The van der Waals surface area contributed by atoms with Crippen LogP contribution in [-0.4, -0.2) is 18.4 Å². The van der Waals surface area contributed by atoms with Crippen LogP contribution in [0, 0.1) is 6.92 Å². The Morgan fingerprint density at radius 2 is 1.59 bits per heavy atom. The number of hydrogen-bond acceptors (Lipinski definition) is 2. The molecule has 0 unspecified atom stereocenters. The van der Waals surface area contributed by atoms with E-state index in [0.29, 0.717) is 5.69 Å². The van der Waals surface area contributed by atoms with Crippen LogP contribution in [0.25, 0.3) is 0 Å². The van der Waals surface area contributed by atoms with Crippen LogP contribution >= 0.6 is 15.9 Å². The number of benzene rings is 2. The Kier molecular flexibility index (Phi) is 5.72. The highest BCUT2D eigenvalue weighted by atomic mass is 79.9. The summed E-state index contributed by atoms with van der Waals surface area (Å²) in [5.41, 5.74) is 2.77. The van der Waals surface area contributed by atoms with Crippen molar-refractivity contribution in [3.05, 3.63) is 64.1 Å². The van der Waals surface area contributed by atoms with Crippen molar-refractivity contribution in [2.75, 3.05) is 11.9 Å². The van der Waals surface area contributed by atoms with Gasteiger partial charge < -0.3 is 10.6 Å². The Balaban J connectivity index is 1.76. The molecule has 0 aliphatic heterocycles. The molecule has 22 heavy (non-hydrogen) atoms. The molecule has 0 spiro atoms. The van der Waals surface area contributed by atoms with Crippen LogP contribution in [0.3, 0.4) is 0 Å². The Morgan fingerprint density at radius 3 is 2.23 bits per heavy atom. The smallest absolute Gasteiger partial charge is 0.243 e. The second kappa shape index (κ2) is 7.75. The third-order valence-electron chi connectivity index (χ3n) is 3.06. The molecule has 114 valence electrons. The molecule has 0 aliphatic rings. The lowest BCUT2D eigenvalue weighted by molar-refractivity contribution is -0.123. The van der Waals surface area contributed by atoms with Gasteiger partial charge in [-0.15, -0.1) is 0 Å². The summed E-state index contributed by atoms with van der Waals surface area (Å²) < 4.78 is 0.942. The second-order valence-corrected chi connectivity index (χ2v) is 5.91. The Morgan fingerprint density at radius 1 is 0.955 bits per heavy atom. The molecule has 0 saturated carbocycles. The summed E-state index contributed by atoms with van der Waals surface area (Å²) in [6.07, 6.45) is 0.270. The van der Waals surface area contributed by atoms with Gasteiger partial charge in [-0.05, 0) is 36.8 Å². The molecular weight excluding hydrogens is 344 g/mol. The topological polar surface area (TPSA) is 58.2 Å². The number of carbonyl (C=O) groups excluding carboxylic acids is 2. The normalized spacial score (nSPS) is 10.1. The lowest BCUT2D eigenvalue weighted by Crippen LogP contribution is -2.33. The molecule has 0 saturated heterocycles. The molecule has 2 amide bonds. The zero-order valence-electron chi connectivity index (χ0n) is 12.2. The fourth-order valence-electron chi connectivity index (χ4n) is 1.87. The highest BCUT2D eigenvalue weighted by molar-refractivity contribution is 9.10. The molecule has 0 atom stereocenters. The van der Waals surface area contributed by atoms with Crippen LogP contribution < -0.4 is 10.6 Å². The predicted octanol–water partition coefficient (Wildman–Crippen LogP) is 3.05. The molecular formula is C17H17BrN2O2. The van der Waals surface area contributed by atoms with Crippen molar-refractivity contribution in [1.82, 2.24) is 5.32 Å². The van der Waals surface area contributed by atoms with E-state index in [1.807, 2.05) is 43.3 Å². The van der Waals surface area contributed by atoms with Crippen molar-refractivity contribution < 1.29 is 9.59 Å². The van der Waals surface area contributed by atoms with E-state index in [9.17, 15) is 9.59 Å². The third-order valence-corrected chi connectivity index (χ3v) is 3.59. The number of carbonyl (C=O) groups is 2. The van der Waals surface area contributed by atoms with E-state index in [2.05, 4.69) is 26.6 Å². The summed E-state index contributed by atoms with van der Waals surface area (Å²) >= 11 is 3.33. The van der Waals surface area contributed by atoms with E-state index < -0.39 is 0 Å². The second-order valence-electron chi connectivity index (χ2n) is 4.99. The van der Waals surface area contributed by atoms with E-state index in [1.54, 1.807) is 12.1 Å². The monoisotopic (exact) mass is 360 g/mol. The first-order valence-electron chi connectivity index (χ1n) is 6.90. The number of halogens is 1. The maximum Gasteiger partial charge on any atom is 0.243 e. The average Bonchev–Trinajstić information content (AvgIpc) is 2.50. The molecule has 2 aromatic carbocycles. The van der Waals surface area contributed by atoms with Crippen LogP contribution in [-0.2, 0) is 16.0 Å². The highest BCUT2D eigenvalue weighted by Crippen LogP contribution is 2.13. The maximum absolute atomic E-state index is 11.8. The largest absolute Gasteiger partial charge is 0.347 e. The number of aryl methyl sites for hydroxylation is 1. The van der Waals surface area contributed by atoms with Gasteiger partial charge in [0.15, 0.2) is 0 Å². The molecule has 5 heteroatoms. The number of hydrogen-bond donors (Lipinski definition) is 2. The first-order valence-corrected chi connectivity index (χ1v) is 7.70. The fourth-order valence-corrected chi connectivity index (χ4v) is 2.14. The van der Waals surface area contributed by atoms with E-state index in [4.69, 9.17) is 0 Å². The van der Waals surface area contributed by atoms with Gasteiger partial charge in [0.2, 0.25) is 11.8 Å². The SMILES string of the molecule is Cc1ccc(CC(=O)NCC(=O)Nc2ccc(Br)cc2)cc1. The molecule has 4 nitrogen and oxygen atoms in total. The van der Waals surface area contributed by atoms with Gasteiger partial charge in [-0.3, -0.25) is 9.59 Å². The van der Waals surface area contributed by atoms with Gasteiger partial charge in [-0.2, -0.15) is 0 Å². The van der Waals surface area contributed by atoms with Crippen LogP contribution in [0.4, 0.5) is 5.69 Å². The van der Waals surface area contributed by atoms with Crippen molar-refractivity contribution >= 4 is 33.4 Å². The molecule has 2 rings (SSSR count). The van der Waals surface area contributed by atoms with E-state index in [0.717, 1.165) is 15.6 Å². The van der Waals surface area contributed by atoms with Gasteiger partial charge in [0.1, 0.15) is 0 Å². The summed E-state index contributed by atoms with van der Waals surface area (Å²) in [5.74, 6) is -0.422. The first-order chi connectivity index (χ1) is 10.5. The molecule has 2 aromatic rings. The van der Waals surface area contributed by atoms with Gasteiger partial charge in [0.25, 0.3) is 0 Å². The minimum atomic E-state index is -0.250. The fraction of sp³-hybridized carbons (Fsp3) is 0.176. The molecule has 2 N–H and O–H groups in total. The molecule has 0 aliphatic carbocycles. The Hall–Kier alpha value is -2.14. The molecule has 0 aromatic heterocycles. The molecule has 0 radical (unpaired) electrons. The van der Waals surface area contributed by atoms with E-state index in [-0.39, 0.29) is 24.8 Å². The Bertz CT molecular complexity index is 592. The average molecular weight is 361 g/mol. The summed E-state index contributed by atoms with van der Waals surface area (Å²) in [6.45, 7) is 1.96. The quantitative estimate of drug-likeness (QED) is 0.860. The highest BCUT2D eigenvalue weighted by Gasteiger charge is 2.07. The van der Waals surface area contributed by atoms with E-state index >= 15 is 0 Å². The first kappa shape index (κ1) is 16.2. The lowest BCUT2D eigenvalue weighted by atomic mass is 10.1. The maximum atomic E-state index is 11.8. The van der Waals surface area contributed by atoms with Crippen molar-refractivity contribution in [3.8, 4) is 0 Å². The minimum absolute atomic E-state index is 0.0409. The standard InChI is InChI=1S/C17H17BrN2O2/c1-12-2-4-13(5-3-12)10-16(21)19-11-17(22)20-15-8-6-14(18)7-9-15/h2-9H,10-11H2,1H3,(H,19,21)(H,20,22). The van der Waals surface area contributed by atoms with Crippen LogP contribution in [0.15, 0.2) is 53.0 Å². The summed E-state index contributed by atoms with van der Waals surface area (Å²) in [5, 5.41) is 5.34. The van der Waals surface area contributed by atoms with Crippen molar-refractivity contribution in [2.45, 2.75) is 13.3 Å². The summed E-state index contributed by atoms with van der Waals surface area (Å²) in [6, 6.07) is 15.0. The zero-order chi connectivity index (χ0) is 15.9. The number of rotatable bonds is 5. The van der Waals surface area contributed by atoms with Gasteiger partial charge in [0, 0.05) is 10.2 Å². The van der Waals surface area contributed by atoms with Crippen LogP contribution in [0.1, 0.15) is 11.1 Å². The van der Waals surface area contributed by atoms with Crippen LogP contribution in [0.5, 0.6) is 0 Å². The zero-order valence-corrected chi connectivity index (χ0v) is 13.8. The summed E-state index contributed by atoms with van der Waals surface area (Å²) in [4.78, 5) is 23.6.